The van der Waals surface area contributed by atoms with Crippen LogP contribution in [0.2, 0.25) is 0 Å². The first kappa shape index (κ1) is 14.9. The van der Waals surface area contributed by atoms with Gasteiger partial charge in [-0.25, -0.2) is 4.72 Å². The van der Waals surface area contributed by atoms with Crippen LogP contribution < -0.4 is 9.44 Å². The molecule has 1 unspecified atom stereocenters. The lowest BCUT2D eigenvalue weighted by Gasteiger charge is -2.32. The van der Waals surface area contributed by atoms with E-state index in [1.807, 2.05) is 13.8 Å². The van der Waals surface area contributed by atoms with Crippen LogP contribution in [0.25, 0.3) is 0 Å². The second-order valence-electron chi connectivity index (χ2n) is 5.07. The first-order valence-electron chi connectivity index (χ1n) is 6.41. The van der Waals surface area contributed by atoms with Crippen molar-refractivity contribution in [3.05, 3.63) is 0 Å². The van der Waals surface area contributed by atoms with E-state index in [1.54, 1.807) is 0 Å². The largest absolute Gasteiger partial charge is 0.299 e. The lowest BCUT2D eigenvalue weighted by molar-refractivity contribution is 0.175. The molecule has 0 spiro atoms. The van der Waals surface area contributed by atoms with Crippen LogP contribution in [-0.2, 0) is 10.2 Å². The summed E-state index contributed by atoms with van der Waals surface area (Å²) in [4.78, 5) is 2.35. The highest BCUT2D eigenvalue weighted by molar-refractivity contribution is 7.87. The minimum Gasteiger partial charge on any atom is -0.299 e. The molecule has 0 radical (unpaired) electrons. The Labute approximate surface area is 105 Å². The van der Waals surface area contributed by atoms with Crippen molar-refractivity contribution < 1.29 is 8.42 Å². The fourth-order valence-electron chi connectivity index (χ4n) is 2.07. The lowest BCUT2D eigenvalue weighted by atomic mass is 10.1. The van der Waals surface area contributed by atoms with Crippen LogP contribution in [-0.4, -0.2) is 45.0 Å². The molecule has 0 amide bonds. The summed E-state index contributed by atoms with van der Waals surface area (Å²) in [6, 6.07) is 0.192. The van der Waals surface area contributed by atoms with Gasteiger partial charge in [0.05, 0.1) is 0 Å². The molecular weight excluding hydrogens is 238 g/mol. The van der Waals surface area contributed by atoms with E-state index in [1.165, 1.54) is 19.3 Å². The summed E-state index contributed by atoms with van der Waals surface area (Å²) in [6.45, 7) is 8.34. The van der Waals surface area contributed by atoms with Crippen molar-refractivity contribution in [2.24, 2.45) is 0 Å². The van der Waals surface area contributed by atoms with Gasteiger partial charge < -0.3 is 0 Å². The van der Waals surface area contributed by atoms with Crippen molar-refractivity contribution in [2.45, 2.75) is 52.1 Å². The lowest BCUT2D eigenvalue weighted by Crippen LogP contribution is -2.48. The number of hydrogen-bond acceptors (Lipinski definition) is 3. The number of hydrogen-bond donors (Lipinski definition) is 2. The van der Waals surface area contributed by atoms with Crippen LogP contribution >= 0.6 is 0 Å². The van der Waals surface area contributed by atoms with E-state index in [0.717, 1.165) is 13.1 Å². The first-order chi connectivity index (χ1) is 7.91. The monoisotopic (exact) mass is 263 g/mol. The molecular formula is C11H25N3O2S. The van der Waals surface area contributed by atoms with Crippen molar-refractivity contribution in [3.8, 4) is 0 Å². The highest BCUT2D eigenvalue weighted by Crippen LogP contribution is 2.11. The van der Waals surface area contributed by atoms with Crippen LogP contribution in [0.5, 0.6) is 0 Å². The zero-order valence-electron chi connectivity index (χ0n) is 11.1. The molecule has 1 heterocycles. The molecule has 1 aliphatic rings. The zero-order valence-corrected chi connectivity index (χ0v) is 11.9. The first-order valence-corrected chi connectivity index (χ1v) is 7.90. The molecule has 0 bridgehead atoms. The molecule has 6 heteroatoms. The van der Waals surface area contributed by atoms with Crippen molar-refractivity contribution in [2.75, 3.05) is 19.6 Å². The number of likely N-dealkylation sites (tertiary alicyclic amines) is 1. The highest BCUT2D eigenvalue weighted by atomic mass is 32.2. The van der Waals surface area contributed by atoms with Crippen molar-refractivity contribution >= 4 is 10.2 Å². The van der Waals surface area contributed by atoms with Crippen LogP contribution in [0.4, 0.5) is 0 Å². The van der Waals surface area contributed by atoms with Gasteiger partial charge in [0.1, 0.15) is 0 Å². The molecule has 102 valence electrons. The van der Waals surface area contributed by atoms with E-state index in [9.17, 15) is 8.42 Å². The topological polar surface area (TPSA) is 61.4 Å². The molecule has 0 saturated carbocycles. The van der Waals surface area contributed by atoms with Gasteiger partial charge in [0.2, 0.25) is 0 Å². The Balaban J connectivity index is 2.33. The predicted octanol–water partition coefficient (Wildman–Crippen LogP) is 0.693. The van der Waals surface area contributed by atoms with Crippen LogP contribution in [0.15, 0.2) is 0 Å². The van der Waals surface area contributed by atoms with Gasteiger partial charge in [0.15, 0.2) is 0 Å². The Bertz CT molecular complexity index is 311. The number of nitrogens with zero attached hydrogens (tertiary/aromatic N) is 1. The van der Waals surface area contributed by atoms with E-state index in [4.69, 9.17) is 0 Å². The molecule has 0 aliphatic carbocycles. The van der Waals surface area contributed by atoms with Gasteiger partial charge in [-0.2, -0.15) is 13.1 Å². The summed E-state index contributed by atoms with van der Waals surface area (Å²) in [6.07, 6.45) is 3.74. The summed E-state index contributed by atoms with van der Waals surface area (Å²) in [5, 5.41) is 0. The molecule has 0 aromatic carbocycles. The van der Waals surface area contributed by atoms with E-state index in [0.29, 0.717) is 6.54 Å². The average molecular weight is 263 g/mol. The SMILES string of the molecule is CC(C)NS(=O)(=O)NCC(C)N1CCCCC1. The Kier molecular flexibility index (Phi) is 5.85. The Morgan fingerprint density at radius 2 is 1.71 bits per heavy atom. The molecule has 1 aliphatic heterocycles. The quantitative estimate of drug-likeness (QED) is 0.741. The third-order valence-electron chi connectivity index (χ3n) is 2.97. The second-order valence-corrected chi connectivity index (χ2v) is 6.60. The van der Waals surface area contributed by atoms with Gasteiger partial charge >= 0.3 is 0 Å². The van der Waals surface area contributed by atoms with Crippen LogP contribution in [0.3, 0.4) is 0 Å². The molecule has 17 heavy (non-hydrogen) atoms. The van der Waals surface area contributed by atoms with E-state index in [2.05, 4.69) is 21.3 Å². The summed E-state index contributed by atoms with van der Waals surface area (Å²) < 4.78 is 28.3. The Morgan fingerprint density at radius 1 is 1.12 bits per heavy atom. The van der Waals surface area contributed by atoms with Gasteiger partial charge in [0.25, 0.3) is 10.2 Å². The van der Waals surface area contributed by atoms with E-state index in [-0.39, 0.29) is 12.1 Å². The number of rotatable bonds is 6. The van der Waals surface area contributed by atoms with Crippen molar-refractivity contribution in [1.82, 2.24) is 14.3 Å². The van der Waals surface area contributed by atoms with Crippen molar-refractivity contribution in [1.29, 1.82) is 0 Å². The Hall–Kier alpha value is -0.170. The maximum atomic E-state index is 11.6. The molecule has 0 aromatic rings. The number of nitrogens with one attached hydrogen (secondary N) is 2. The summed E-state index contributed by atoms with van der Waals surface area (Å²) in [7, 11) is -3.34. The predicted molar refractivity (Wildman–Crippen MR) is 70.1 cm³/mol. The normalized spacial score (nSPS) is 20.7. The molecule has 1 fully saturated rings. The van der Waals surface area contributed by atoms with Gasteiger partial charge in [-0.15, -0.1) is 0 Å². The maximum absolute atomic E-state index is 11.6. The second kappa shape index (κ2) is 6.68. The molecule has 1 rings (SSSR count). The fourth-order valence-corrected chi connectivity index (χ4v) is 3.24. The number of piperidine rings is 1. The van der Waals surface area contributed by atoms with Crippen molar-refractivity contribution in [3.63, 3.8) is 0 Å². The molecule has 5 nitrogen and oxygen atoms in total. The Morgan fingerprint density at radius 3 is 2.24 bits per heavy atom. The highest BCUT2D eigenvalue weighted by Gasteiger charge is 2.19. The fraction of sp³-hybridized carbons (Fsp3) is 1.00. The minimum absolute atomic E-state index is 0.0715. The molecule has 1 saturated heterocycles. The summed E-state index contributed by atoms with van der Waals surface area (Å²) >= 11 is 0. The van der Waals surface area contributed by atoms with Gasteiger partial charge in [-0.3, -0.25) is 4.90 Å². The van der Waals surface area contributed by atoms with Crippen LogP contribution in [0.1, 0.15) is 40.0 Å². The molecule has 2 N–H and O–H groups in total. The van der Waals surface area contributed by atoms with E-state index >= 15 is 0 Å². The third kappa shape index (κ3) is 5.81. The van der Waals surface area contributed by atoms with Gasteiger partial charge in [0, 0.05) is 18.6 Å². The average Bonchev–Trinajstić information content (AvgIpc) is 2.25. The van der Waals surface area contributed by atoms with E-state index < -0.39 is 10.2 Å². The van der Waals surface area contributed by atoms with Crippen LogP contribution in [0, 0.1) is 0 Å². The third-order valence-corrected chi connectivity index (χ3v) is 4.30. The smallest absolute Gasteiger partial charge is 0.277 e. The standard InChI is InChI=1S/C11H25N3O2S/c1-10(2)13-17(15,16)12-9-11(3)14-7-5-4-6-8-14/h10-13H,4-9H2,1-3H3. The zero-order chi connectivity index (χ0) is 12.9. The summed E-state index contributed by atoms with van der Waals surface area (Å²) in [5.41, 5.74) is 0. The van der Waals surface area contributed by atoms with Gasteiger partial charge in [-0.05, 0) is 46.7 Å². The maximum Gasteiger partial charge on any atom is 0.277 e. The van der Waals surface area contributed by atoms with Gasteiger partial charge in [-0.1, -0.05) is 6.42 Å². The summed E-state index contributed by atoms with van der Waals surface area (Å²) in [5.74, 6) is 0. The minimum atomic E-state index is -3.34. The molecule has 0 aromatic heterocycles. The molecule has 1 atom stereocenters.